The summed E-state index contributed by atoms with van der Waals surface area (Å²) in [6.45, 7) is 0. The molecule has 0 radical (unpaired) electrons. The third kappa shape index (κ3) is 1.74. The van der Waals surface area contributed by atoms with Gasteiger partial charge in [0.1, 0.15) is 5.52 Å². The second-order valence-corrected chi connectivity index (χ2v) is 4.36. The van der Waals surface area contributed by atoms with Gasteiger partial charge in [0.15, 0.2) is 5.82 Å². The lowest BCUT2D eigenvalue weighted by molar-refractivity contribution is 1.12. The van der Waals surface area contributed by atoms with Gasteiger partial charge in [-0.25, -0.2) is 0 Å². The van der Waals surface area contributed by atoms with Gasteiger partial charge in [0, 0.05) is 24.3 Å². The van der Waals surface area contributed by atoms with Crippen LogP contribution in [0.3, 0.4) is 0 Å². The minimum Gasteiger partial charge on any atom is -0.337 e. The Kier molecular flexibility index (Phi) is 2.32. The molecule has 0 fully saturated rings. The predicted octanol–water partition coefficient (Wildman–Crippen LogP) is 2.64. The van der Waals surface area contributed by atoms with Gasteiger partial charge < -0.3 is 5.32 Å². The van der Waals surface area contributed by atoms with Crippen LogP contribution in [-0.4, -0.2) is 25.1 Å². The van der Waals surface area contributed by atoms with Crippen molar-refractivity contribution in [3.63, 3.8) is 0 Å². The Morgan fingerprint density at radius 1 is 0.900 bits per heavy atom. The lowest BCUT2D eigenvalue weighted by atomic mass is 10.2. The molecule has 0 atom stereocenters. The number of rotatable bonds is 2. The molecular weight excluding hydrogens is 252 g/mol. The highest BCUT2D eigenvalue weighted by molar-refractivity contribution is 5.88. The highest BCUT2D eigenvalue weighted by Crippen LogP contribution is 2.23. The van der Waals surface area contributed by atoms with Crippen LogP contribution in [0.1, 0.15) is 0 Å². The number of benzene rings is 1. The van der Waals surface area contributed by atoms with Crippen molar-refractivity contribution in [3.05, 3.63) is 48.9 Å². The normalized spacial score (nSPS) is 11.0. The molecule has 4 aromatic rings. The topological polar surface area (TPSA) is 79.4 Å². The van der Waals surface area contributed by atoms with E-state index in [0.29, 0.717) is 5.82 Å². The molecule has 1 aromatic carbocycles. The van der Waals surface area contributed by atoms with Gasteiger partial charge in [-0.1, -0.05) is 0 Å². The van der Waals surface area contributed by atoms with Crippen LogP contribution in [-0.2, 0) is 0 Å². The first kappa shape index (κ1) is 10.9. The van der Waals surface area contributed by atoms with Gasteiger partial charge >= 0.3 is 0 Å². The molecule has 20 heavy (non-hydrogen) atoms. The predicted molar refractivity (Wildman–Crippen MR) is 76.7 cm³/mol. The molecule has 0 spiro atoms. The molecule has 0 aliphatic rings. The van der Waals surface area contributed by atoms with E-state index < -0.39 is 0 Å². The zero-order valence-corrected chi connectivity index (χ0v) is 10.4. The Morgan fingerprint density at radius 3 is 2.75 bits per heavy atom. The highest BCUT2D eigenvalue weighted by atomic mass is 15.2. The number of pyridine rings is 1. The Labute approximate surface area is 113 Å². The molecule has 2 N–H and O–H groups in total. The smallest absolute Gasteiger partial charge is 0.178 e. The molecule has 0 saturated carbocycles. The Morgan fingerprint density at radius 2 is 1.80 bits per heavy atom. The second kappa shape index (κ2) is 4.27. The van der Waals surface area contributed by atoms with Gasteiger partial charge in [-0.2, -0.15) is 5.10 Å². The van der Waals surface area contributed by atoms with Crippen molar-refractivity contribution in [1.29, 1.82) is 0 Å². The number of nitrogens with one attached hydrogen (secondary N) is 2. The first-order valence-electron chi connectivity index (χ1n) is 6.17. The van der Waals surface area contributed by atoms with Crippen molar-refractivity contribution in [2.75, 3.05) is 5.32 Å². The van der Waals surface area contributed by atoms with Crippen LogP contribution in [0, 0.1) is 0 Å². The fourth-order valence-electron chi connectivity index (χ4n) is 2.12. The fourth-order valence-corrected chi connectivity index (χ4v) is 2.12. The summed E-state index contributed by atoms with van der Waals surface area (Å²) < 4.78 is 0. The van der Waals surface area contributed by atoms with Crippen LogP contribution in [0.25, 0.3) is 22.1 Å². The number of aromatic amines is 1. The zero-order valence-electron chi connectivity index (χ0n) is 10.4. The maximum absolute atomic E-state index is 4.32. The van der Waals surface area contributed by atoms with E-state index in [0.717, 1.165) is 27.8 Å². The van der Waals surface area contributed by atoms with Gasteiger partial charge in [0.2, 0.25) is 0 Å². The summed E-state index contributed by atoms with van der Waals surface area (Å²) in [5, 5.41) is 10.4. The molecule has 3 heterocycles. The Hall–Kier alpha value is -3.02. The number of fused-ring (bicyclic) bond motifs is 2. The number of aromatic nitrogens is 5. The quantitative estimate of drug-likeness (QED) is 0.580. The van der Waals surface area contributed by atoms with Crippen LogP contribution in [0.5, 0.6) is 0 Å². The summed E-state index contributed by atoms with van der Waals surface area (Å²) in [5.74, 6) is 0.698. The molecule has 0 amide bonds. The molecule has 3 aromatic heterocycles. The van der Waals surface area contributed by atoms with Gasteiger partial charge in [0.25, 0.3) is 0 Å². The van der Waals surface area contributed by atoms with E-state index in [2.05, 4.69) is 30.5 Å². The minimum atomic E-state index is 0.698. The number of H-pyrrole nitrogens is 1. The number of anilines is 2. The summed E-state index contributed by atoms with van der Waals surface area (Å²) >= 11 is 0. The summed E-state index contributed by atoms with van der Waals surface area (Å²) in [5.41, 5.74) is 4.31. The van der Waals surface area contributed by atoms with Gasteiger partial charge in [-0.05, 0) is 30.3 Å². The van der Waals surface area contributed by atoms with E-state index >= 15 is 0 Å². The van der Waals surface area contributed by atoms with Crippen LogP contribution in [0.2, 0.25) is 0 Å². The second-order valence-electron chi connectivity index (χ2n) is 4.36. The average Bonchev–Trinajstić information content (AvgIpc) is 2.91. The standard InChI is InChI=1S/C14H10N6/c1-2-11-13(17-5-1)14(20-19-11)18-9-3-4-10-12(8-9)16-7-6-15-10/h1-8H,(H2,18,19,20). The largest absolute Gasteiger partial charge is 0.337 e. The number of hydrogen-bond donors (Lipinski definition) is 2. The molecule has 0 aliphatic carbocycles. The van der Waals surface area contributed by atoms with E-state index in [9.17, 15) is 0 Å². The van der Waals surface area contributed by atoms with E-state index in [1.165, 1.54) is 0 Å². The molecule has 96 valence electrons. The minimum absolute atomic E-state index is 0.698. The Bertz CT molecular complexity index is 898. The van der Waals surface area contributed by atoms with E-state index in [4.69, 9.17) is 0 Å². The molecule has 4 rings (SSSR count). The van der Waals surface area contributed by atoms with Gasteiger partial charge in [-0.15, -0.1) is 0 Å². The number of nitrogens with zero attached hydrogens (tertiary/aromatic N) is 4. The van der Waals surface area contributed by atoms with E-state index in [1.54, 1.807) is 18.6 Å². The summed E-state index contributed by atoms with van der Waals surface area (Å²) in [6.07, 6.45) is 5.10. The lowest BCUT2D eigenvalue weighted by Gasteiger charge is -2.04. The van der Waals surface area contributed by atoms with Crippen LogP contribution < -0.4 is 5.32 Å². The first-order chi connectivity index (χ1) is 9.90. The molecule has 6 heteroatoms. The summed E-state index contributed by atoms with van der Waals surface area (Å²) in [4.78, 5) is 12.8. The third-order valence-electron chi connectivity index (χ3n) is 3.05. The van der Waals surface area contributed by atoms with Crippen molar-refractivity contribution in [2.45, 2.75) is 0 Å². The van der Waals surface area contributed by atoms with Crippen molar-refractivity contribution in [3.8, 4) is 0 Å². The van der Waals surface area contributed by atoms with Gasteiger partial charge in [0.05, 0.1) is 16.6 Å². The molecular formula is C14H10N6. The van der Waals surface area contributed by atoms with Crippen LogP contribution in [0.4, 0.5) is 11.5 Å². The molecule has 0 aliphatic heterocycles. The molecule has 0 saturated heterocycles. The van der Waals surface area contributed by atoms with E-state index in [-0.39, 0.29) is 0 Å². The van der Waals surface area contributed by atoms with E-state index in [1.807, 2.05) is 30.3 Å². The first-order valence-corrected chi connectivity index (χ1v) is 6.17. The SMILES string of the molecule is c1cnc2c(Nc3ccc4nccnc4c3)n[nH]c2c1. The third-order valence-corrected chi connectivity index (χ3v) is 3.05. The number of hydrogen-bond acceptors (Lipinski definition) is 5. The molecule has 6 nitrogen and oxygen atoms in total. The highest BCUT2D eigenvalue weighted by Gasteiger charge is 2.07. The van der Waals surface area contributed by atoms with Crippen LogP contribution in [0.15, 0.2) is 48.9 Å². The summed E-state index contributed by atoms with van der Waals surface area (Å²) in [6, 6.07) is 9.61. The Balaban J connectivity index is 1.76. The molecule has 0 bridgehead atoms. The average molecular weight is 262 g/mol. The van der Waals surface area contributed by atoms with Crippen molar-refractivity contribution >= 4 is 33.6 Å². The maximum Gasteiger partial charge on any atom is 0.178 e. The monoisotopic (exact) mass is 262 g/mol. The maximum atomic E-state index is 4.32. The zero-order chi connectivity index (χ0) is 13.4. The molecule has 0 unspecified atom stereocenters. The summed E-state index contributed by atoms with van der Waals surface area (Å²) in [7, 11) is 0. The van der Waals surface area contributed by atoms with Crippen molar-refractivity contribution < 1.29 is 0 Å². The van der Waals surface area contributed by atoms with Crippen LogP contribution >= 0.6 is 0 Å². The van der Waals surface area contributed by atoms with Gasteiger partial charge in [-0.3, -0.25) is 20.1 Å². The van der Waals surface area contributed by atoms with Crippen molar-refractivity contribution in [1.82, 2.24) is 25.1 Å². The fraction of sp³-hybridized carbons (Fsp3) is 0. The van der Waals surface area contributed by atoms with Crippen molar-refractivity contribution in [2.24, 2.45) is 0 Å². The lowest BCUT2D eigenvalue weighted by Crippen LogP contribution is -1.93.